The molecule has 0 atom stereocenters. The molecule has 1 aliphatic rings. The fraction of sp³-hybridized carbons (Fsp3) is 0.222. The number of hydrogen-bond donors (Lipinski definition) is 9. The highest BCUT2D eigenvalue weighted by atomic mass is 32.2. The molecule has 2 heterocycles. The molecule has 0 unspecified atom stereocenters. The Balaban J connectivity index is 1.97. The molecule has 0 radical (unpaired) electrons. The Labute approximate surface area is 201 Å². The summed E-state index contributed by atoms with van der Waals surface area (Å²) in [5.74, 6) is 0.499. The minimum Gasteiger partial charge on any atom is -0.329 e. The van der Waals surface area contributed by atoms with Crippen molar-refractivity contribution in [1.82, 2.24) is 41.8 Å². The molecular weight excluding hydrogens is 498 g/mol. The first-order valence-corrected chi connectivity index (χ1v) is 13.3. The van der Waals surface area contributed by atoms with Crippen LogP contribution in [0.1, 0.15) is 11.7 Å². The van der Waals surface area contributed by atoms with Crippen molar-refractivity contribution < 1.29 is 16.8 Å². The van der Waals surface area contributed by atoms with E-state index in [1.54, 1.807) is 24.3 Å². The molecule has 12 N–H and O–H groups in total. The lowest BCUT2D eigenvalue weighted by Gasteiger charge is -2.23. The van der Waals surface area contributed by atoms with Crippen molar-refractivity contribution in [1.29, 1.82) is 0 Å². The lowest BCUT2D eigenvalue weighted by atomic mass is 9.96. The summed E-state index contributed by atoms with van der Waals surface area (Å²) in [6.07, 6.45) is 0.473. The van der Waals surface area contributed by atoms with E-state index >= 15 is 0 Å². The highest BCUT2D eigenvalue weighted by Crippen LogP contribution is 2.37. The molecule has 0 amide bonds. The Hall–Kier alpha value is -2.84. The van der Waals surface area contributed by atoms with Crippen molar-refractivity contribution in [2.24, 2.45) is 16.6 Å². The Kier molecular flexibility index (Phi) is 7.24. The molecule has 15 nitrogen and oxygen atoms in total. The predicted octanol–water partition coefficient (Wildman–Crippen LogP) is -2.53. The van der Waals surface area contributed by atoms with Crippen LogP contribution in [0.5, 0.6) is 0 Å². The van der Waals surface area contributed by atoms with Crippen LogP contribution >= 0.6 is 0 Å². The number of nitrogens with one attached hydrogen (secondary N) is 6. The molecule has 0 aliphatic carbocycles. The number of H-pyrrole nitrogens is 1. The summed E-state index contributed by atoms with van der Waals surface area (Å²) in [7, 11) is -8.94. The second kappa shape index (κ2) is 10.0. The van der Waals surface area contributed by atoms with Gasteiger partial charge in [0.2, 0.25) is 20.0 Å². The van der Waals surface area contributed by atoms with E-state index in [0.29, 0.717) is 22.5 Å². The second-order valence-electron chi connectivity index (χ2n) is 7.58. The van der Waals surface area contributed by atoms with E-state index in [1.165, 1.54) is 18.5 Å². The third-order valence-corrected chi connectivity index (χ3v) is 7.97. The van der Waals surface area contributed by atoms with Crippen LogP contribution in [0.4, 0.5) is 0 Å². The highest BCUT2D eigenvalue weighted by Gasteiger charge is 2.34. The Morgan fingerprint density at radius 1 is 1.00 bits per heavy atom. The number of aromatic nitrogens is 3. The van der Waals surface area contributed by atoms with Gasteiger partial charge in [-0.05, 0) is 23.3 Å². The van der Waals surface area contributed by atoms with E-state index in [0.717, 1.165) is 0 Å². The van der Waals surface area contributed by atoms with Crippen LogP contribution in [-0.4, -0.2) is 51.1 Å². The number of aromatic amines is 1. The number of primary sulfonamides is 1. The molecule has 0 bridgehead atoms. The van der Waals surface area contributed by atoms with Crippen LogP contribution in [0.15, 0.2) is 52.5 Å². The molecule has 0 saturated carbocycles. The van der Waals surface area contributed by atoms with Gasteiger partial charge in [-0.25, -0.2) is 42.5 Å². The molecule has 1 aliphatic heterocycles. The second-order valence-corrected chi connectivity index (χ2v) is 10.8. The van der Waals surface area contributed by atoms with Crippen molar-refractivity contribution in [2.45, 2.75) is 22.0 Å². The topological polar surface area (TPSA) is 248 Å². The predicted molar refractivity (Wildman–Crippen MR) is 126 cm³/mol. The summed E-state index contributed by atoms with van der Waals surface area (Å²) in [5.41, 5.74) is 23.7. The van der Waals surface area contributed by atoms with Crippen LogP contribution in [-0.2, 0) is 20.0 Å². The number of hydrogen-bond acceptors (Lipinski definition) is 12. The van der Waals surface area contributed by atoms with E-state index in [-0.39, 0.29) is 18.7 Å². The average molecular weight is 524 g/mol. The van der Waals surface area contributed by atoms with Crippen LogP contribution in [0.2, 0.25) is 0 Å². The summed E-state index contributed by atoms with van der Waals surface area (Å²) >= 11 is 0. The van der Waals surface area contributed by atoms with Crippen molar-refractivity contribution in [2.75, 3.05) is 13.1 Å². The first-order chi connectivity index (χ1) is 16.7. The van der Waals surface area contributed by atoms with Gasteiger partial charge in [0.25, 0.3) is 0 Å². The summed E-state index contributed by atoms with van der Waals surface area (Å²) in [4.78, 5) is 3.01. The molecule has 17 heteroatoms. The lowest BCUT2D eigenvalue weighted by Crippen LogP contribution is -2.45. The maximum absolute atomic E-state index is 13.2. The van der Waals surface area contributed by atoms with Crippen LogP contribution in [0, 0.1) is 0 Å². The molecular formula is C18H25N11O4S2. The number of sulfonamides is 2. The SMILES string of the molecule is NCC(CN)NS(=O)(=O)c1ccc(-c2cccc(-c3ncn[nH]3)c2)c(C2NNNN2)c1S(N)(=O)=O. The summed E-state index contributed by atoms with van der Waals surface area (Å²) in [6.45, 7) is -0.168. The van der Waals surface area contributed by atoms with E-state index in [1.807, 2.05) is 0 Å². The third-order valence-electron chi connectivity index (χ3n) is 5.27. The number of rotatable bonds is 9. The van der Waals surface area contributed by atoms with Crippen LogP contribution < -0.4 is 43.2 Å². The van der Waals surface area contributed by atoms with Gasteiger partial charge in [-0.3, -0.25) is 5.10 Å². The van der Waals surface area contributed by atoms with E-state index in [4.69, 9.17) is 16.6 Å². The van der Waals surface area contributed by atoms with Crippen molar-refractivity contribution in [3.63, 3.8) is 0 Å². The van der Waals surface area contributed by atoms with Gasteiger partial charge < -0.3 is 11.5 Å². The quantitative estimate of drug-likeness (QED) is 0.141. The van der Waals surface area contributed by atoms with Gasteiger partial charge in [-0.1, -0.05) is 24.3 Å². The Morgan fingerprint density at radius 2 is 1.69 bits per heavy atom. The summed E-state index contributed by atoms with van der Waals surface area (Å²) in [6, 6.07) is 8.92. The smallest absolute Gasteiger partial charge is 0.242 e. The van der Waals surface area contributed by atoms with Gasteiger partial charge in [-0.15, -0.1) is 0 Å². The van der Waals surface area contributed by atoms with Crippen molar-refractivity contribution in [3.05, 3.63) is 48.3 Å². The van der Waals surface area contributed by atoms with Gasteiger partial charge >= 0.3 is 0 Å². The Morgan fingerprint density at radius 3 is 2.29 bits per heavy atom. The first-order valence-electron chi connectivity index (χ1n) is 10.2. The van der Waals surface area contributed by atoms with Crippen molar-refractivity contribution in [3.8, 4) is 22.5 Å². The number of benzene rings is 2. The molecule has 188 valence electrons. The third kappa shape index (κ3) is 5.23. The molecule has 1 saturated heterocycles. The molecule has 0 spiro atoms. The number of hydrazine groups is 3. The minimum atomic E-state index is -4.56. The minimum absolute atomic E-state index is 0.0691. The fourth-order valence-electron chi connectivity index (χ4n) is 3.67. The molecule has 4 rings (SSSR count). The van der Waals surface area contributed by atoms with E-state index in [9.17, 15) is 16.8 Å². The zero-order valence-corrected chi connectivity index (χ0v) is 19.8. The van der Waals surface area contributed by atoms with E-state index in [2.05, 4.69) is 41.8 Å². The van der Waals surface area contributed by atoms with Gasteiger partial charge in [0.05, 0.1) is 0 Å². The Bertz CT molecular complexity index is 1400. The standard InChI is InChI=1S/C18H25N11O4S2/c19-7-12(8-20)27-35(32,33)14-5-4-13(10-2-1-3-11(6-10)17-22-9-23-24-17)15(16(14)34(21,30)31)18-25-28-29-26-18/h1-6,9,12,18,25-29H,7-8,19-20H2,(H2,21,30,31)(H,22,23,24). The highest BCUT2D eigenvalue weighted by molar-refractivity contribution is 7.92. The van der Waals surface area contributed by atoms with Gasteiger partial charge in [0, 0.05) is 30.3 Å². The van der Waals surface area contributed by atoms with Crippen molar-refractivity contribution >= 4 is 20.0 Å². The molecule has 1 aromatic heterocycles. The fourth-order valence-corrected chi connectivity index (χ4v) is 6.59. The monoisotopic (exact) mass is 523 g/mol. The molecule has 35 heavy (non-hydrogen) atoms. The van der Waals surface area contributed by atoms with E-state index < -0.39 is 42.0 Å². The van der Waals surface area contributed by atoms with Crippen LogP contribution in [0.25, 0.3) is 22.5 Å². The summed E-state index contributed by atoms with van der Waals surface area (Å²) < 4.78 is 54.5. The largest absolute Gasteiger partial charge is 0.329 e. The van der Waals surface area contributed by atoms with Gasteiger partial charge in [-0.2, -0.15) is 16.2 Å². The maximum atomic E-state index is 13.2. The number of nitrogens with zero attached hydrogens (tertiary/aromatic N) is 2. The molecule has 3 aromatic rings. The zero-order chi connectivity index (χ0) is 25.2. The molecule has 1 fully saturated rings. The van der Waals surface area contributed by atoms with Gasteiger partial charge in [0.15, 0.2) is 5.82 Å². The average Bonchev–Trinajstić information content (AvgIpc) is 3.56. The zero-order valence-electron chi connectivity index (χ0n) is 18.2. The normalized spacial score (nSPS) is 15.2. The summed E-state index contributed by atoms with van der Waals surface area (Å²) in [5, 5.41) is 12.2. The molecule has 2 aromatic carbocycles. The van der Waals surface area contributed by atoms with Crippen LogP contribution in [0.3, 0.4) is 0 Å². The maximum Gasteiger partial charge on any atom is 0.242 e. The lowest BCUT2D eigenvalue weighted by molar-refractivity contribution is 0.529. The first kappa shape index (κ1) is 25.3. The van der Waals surface area contributed by atoms with Gasteiger partial charge in [0.1, 0.15) is 22.3 Å². The number of nitrogens with two attached hydrogens (primary N) is 3.